The van der Waals surface area contributed by atoms with Gasteiger partial charge in [0.05, 0.1) is 5.56 Å². The number of rotatable bonds is 4. The van der Waals surface area contributed by atoms with E-state index in [-0.39, 0.29) is 24.5 Å². The van der Waals surface area contributed by atoms with Gasteiger partial charge in [0.1, 0.15) is 30.8 Å². The van der Waals surface area contributed by atoms with E-state index in [1.54, 1.807) is 0 Å². The van der Waals surface area contributed by atoms with Crippen LogP contribution in [0, 0.1) is 17.1 Å². The van der Waals surface area contributed by atoms with Crippen LogP contribution in [0.2, 0.25) is 0 Å². The molecule has 0 atom stereocenters. The topological polar surface area (TPSA) is 71.3 Å². The Morgan fingerprint density at radius 2 is 2.29 bits per heavy atom. The van der Waals surface area contributed by atoms with Crippen molar-refractivity contribution in [2.45, 2.75) is 0 Å². The summed E-state index contributed by atoms with van der Waals surface area (Å²) >= 11 is 0. The molecule has 1 amide bonds. The summed E-state index contributed by atoms with van der Waals surface area (Å²) in [5.74, 6) is -0.245. The first kappa shape index (κ1) is 12.8. The van der Waals surface area contributed by atoms with Crippen molar-refractivity contribution >= 4 is 6.09 Å². The quantitative estimate of drug-likeness (QED) is 0.805. The normalized spacial score (nSPS) is 9.24. The van der Waals surface area contributed by atoms with Gasteiger partial charge in [-0.15, -0.1) is 0 Å². The van der Waals surface area contributed by atoms with Gasteiger partial charge < -0.3 is 14.8 Å². The maximum absolute atomic E-state index is 12.8. The number of hydrogen-bond acceptors (Lipinski definition) is 4. The molecule has 0 saturated carbocycles. The van der Waals surface area contributed by atoms with E-state index in [1.807, 2.05) is 6.07 Å². The average molecular weight is 238 g/mol. The van der Waals surface area contributed by atoms with E-state index in [0.29, 0.717) is 0 Å². The second-order valence-electron chi connectivity index (χ2n) is 2.99. The Kier molecular flexibility index (Phi) is 4.76. The van der Waals surface area contributed by atoms with Crippen molar-refractivity contribution < 1.29 is 18.7 Å². The molecule has 0 aliphatic carbocycles. The number of nitrogens with one attached hydrogen (secondary N) is 1. The third kappa shape index (κ3) is 3.99. The van der Waals surface area contributed by atoms with Crippen molar-refractivity contribution in [3.05, 3.63) is 29.6 Å². The zero-order valence-corrected chi connectivity index (χ0v) is 9.20. The lowest BCUT2D eigenvalue weighted by atomic mass is 10.2. The molecule has 90 valence electrons. The number of ether oxygens (including phenoxy) is 2. The molecular formula is C11H11FN2O3. The number of alkyl carbamates (subject to hydrolysis) is 1. The highest BCUT2D eigenvalue weighted by atomic mass is 19.1. The van der Waals surface area contributed by atoms with Crippen LogP contribution >= 0.6 is 0 Å². The fourth-order valence-corrected chi connectivity index (χ4v) is 1.07. The summed E-state index contributed by atoms with van der Waals surface area (Å²) in [6.07, 6.45) is -0.562. The molecule has 0 heterocycles. The third-order valence-electron chi connectivity index (χ3n) is 1.84. The lowest BCUT2D eigenvalue weighted by molar-refractivity contribution is 0.127. The Morgan fingerprint density at radius 3 is 2.94 bits per heavy atom. The van der Waals surface area contributed by atoms with Crippen LogP contribution < -0.4 is 10.1 Å². The van der Waals surface area contributed by atoms with Crippen molar-refractivity contribution in [2.75, 3.05) is 20.3 Å². The summed E-state index contributed by atoms with van der Waals surface area (Å²) in [5.41, 5.74) is 0.102. The van der Waals surface area contributed by atoms with E-state index >= 15 is 0 Å². The molecule has 17 heavy (non-hydrogen) atoms. The van der Waals surface area contributed by atoms with Crippen molar-refractivity contribution in [3.63, 3.8) is 0 Å². The summed E-state index contributed by atoms with van der Waals surface area (Å²) in [6, 6.07) is 5.44. The first-order chi connectivity index (χ1) is 8.17. The van der Waals surface area contributed by atoms with Gasteiger partial charge in [-0.1, -0.05) is 0 Å². The highest BCUT2D eigenvalue weighted by Gasteiger charge is 2.05. The number of nitriles is 1. The van der Waals surface area contributed by atoms with Gasteiger partial charge in [-0.05, 0) is 18.2 Å². The van der Waals surface area contributed by atoms with Crippen LogP contribution in [0.3, 0.4) is 0 Å². The summed E-state index contributed by atoms with van der Waals surface area (Å²) < 4.78 is 22.7. The van der Waals surface area contributed by atoms with Crippen LogP contribution in [-0.4, -0.2) is 26.4 Å². The summed E-state index contributed by atoms with van der Waals surface area (Å²) in [7, 11) is 1.44. The van der Waals surface area contributed by atoms with Crippen LogP contribution in [-0.2, 0) is 4.74 Å². The third-order valence-corrected chi connectivity index (χ3v) is 1.84. The molecule has 0 aromatic heterocycles. The number of benzene rings is 1. The Labute approximate surface area is 97.8 Å². The van der Waals surface area contributed by atoms with Gasteiger partial charge >= 0.3 is 6.09 Å². The largest absolute Gasteiger partial charge is 0.489 e. The first-order valence-corrected chi connectivity index (χ1v) is 4.84. The minimum atomic E-state index is -0.562. The molecule has 1 aromatic carbocycles. The van der Waals surface area contributed by atoms with E-state index < -0.39 is 11.9 Å². The standard InChI is InChI=1S/C11H11FN2O3/c1-14-11(15)17-5-4-16-10-3-2-9(12)6-8(10)7-13/h2-3,6H,4-5H2,1H3,(H,14,15). The van der Waals surface area contributed by atoms with Crippen molar-refractivity contribution in [3.8, 4) is 11.8 Å². The molecule has 1 aromatic rings. The Balaban J connectivity index is 2.47. The van der Waals surface area contributed by atoms with Gasteiger partial charge in [-0.2, -0.15) is 5.26 Å². The summed E-state index contributed by atoms with van der Waals surface area (Å²) in [6.45, 7) is 0.135. The SMILES string of the molecule is CNC(=O)OCCOc1ccc(F)cc1C#N. The van der Waals surface area contributed by atoms with Crippen LogP contribution in [0.15, 0.2) is 18.2 Å². The fourth-order valence-electron chi connectivity index (χ4n) is 1.07. The molecule has 0 unspecified atom stereocenters. The summed E-state index contributed by atoms with van der Waals surface area (Å²) in [4.78, 5) is 10.7. The minimum Gasteiger partial charge on any atom is -0.489 e. The zero-order chi connectivity index (χ0) is 12.7. The Bertz CT molecular complexity index is 443. The molecule has 1 rings (SSSR count). The molecule has 0 spiro atoms. The first-order valence-electron chi connectivity index (χ1n) is 4.84. The number of halogens is 1. The molecule has 0 aliphatic heterocycles. The fraction of sp³-hybridized carbons (Fsp3) is 0.273. The average Bonchev–Trinajstić information content (AvgIpc) is 2.35. The highest BCUT2D eigenvalue weighted by Crippen LogP contribution is 2.18. The maximum atomic E-state index is 12.8. The number of hydrogen-bond donors (Lipinski definition) is 1. The lowest BCUT2D eigenvalue weighted by Crippen LogP contribution is -2.21. The molecule has 6 heteroatoms. The van der Waals surface area contributed by atoms with Gasteiger partial charge in [0.25, 0.3) is 0 Å². The number of nitrogens with zero attached hydrogens (tertiary/aromatic N) is 1. The maximum Gasteiger partial charge on any atom is 0.406 e. The zero-order valence-electron chi connectivity index (χ0n) is 9.20. The monoisotopic (exact) mass is 238 g/mol. The molecule has 5 nitrogen and oxygen atoms in total. The van der Waals surface area contributed by atoms with Crippen molar-refractivity contribution in [2.24, 2.45) is 0 Å². The Hall–Kier alpha value is -2.29. The van der Waals surface area contributed by atoms with Crippen molar-refractivity contribution in [1.82, 2.24) is 5.32 Å². The smallest absolute Gasteiger partial charge is 0.406 e. The molecular weight excluding hydrogens is 227 g/mol. The minimum absolute atomic E-state index is 0.0436. The van der Waals surface area contributed by atoms with E-state index in [0.717, 1.165) is 6.07 Å². The van der Waals surface area contributed by atoms with E-state index in [9.17, 15) is 9.18 Å². The van der Waals surface area contributed by atoms with Gasteiger partial charge in [0.15, 0.2) is 0 Å². The number of amides is 1. The predicted molar refractivity (Wildman–Crippen MR) is 57.0 cm³/mol. The van der Waals surface area contributed by atoms with Gasteiger partial charge in [0.2, 0.25) is 0 Å². The molecule has 0 fully saturated rings. The Morgan fingerprint density at radius 1 is 1.53 bits per heavy atom. The van der Waals surface area contributed by atoms with Crippen LogP contribution in [0.1, 0.15) is 5.56 Å². The van der Waals surface area contributed by atoms with E-state index in [1.165, 1.54) is 19.2 Å². The highest BCUT2D eigenvalue weighted by molar-refractivity contribution is 5.66. The van der Waals surface area contributed by atoms with Crippen LogP contribution in [0.25, 0.3) is 0 Å². The predicted octanol–water partition coefficient (Wildman–Crippen LogP) is 1.43. The van der Waals surface area contributed by atoms with E-state index in [2.05, 4.69) is 10.1 Å². The number of carbonyl (C=O) groups excluding carboxylic acids is 1. The molecule has 1 N–H and O–H groups in total. The molecule has 0 saturated heterocycles. The lowest BCUT2D eigenvalue weighted by Gasteiger charge is -2.08. The van der Waals surface area contributed by atoms with Gasteiger partial charge in [-0.25, -0.2) is 9.18 Å². The van der Waals surface area contributed by atoms with Gasteiger partial charge in [-0.3, -0.25) is 0 Å². The molecule has 0 radical (unpaired) electrons. The van der Waals surface area contributed by atoms with Crippen molar-refractivity contribution in [1.29, 1.82) is 5.26 Å². The van der Waals surface area contributed by atoms with E-state index in [4.69, 9.17) is 10.00 Å². The van der Waals surface area contributed by atoms with Crippen LogP contribution in [0.5, 0.6) is 5.75 Å². The summed E-state index contributed by atoms with van der Waals surface area (Å²) in [5, 5.41) is 11.0. The molecule has 0 aliphatic rings. The van der Waals surface area contributed by atoms with Crippen LogP contribution in [0.4, 0.5) is 9.18 Å². The second kappa shape index (κ2) is 6.33. The second-order valence-corrected chi connectivity index (χ2v) is 2.99. The van der Waals surface area contributed by atoms with Gasteiger partial charge in [0, 0.05) is 7.05 Å². The molecule has 0 bridgehead atoms. The number of carbonyl (C=O) groups is 1.